The van der Waals surface area contributed by atoms with Gasteiger partial charge in [0.1, 0.15) is 0 Å². The van der Waals surface area contributed by atoms with Gasteiger partial charge in [0, 0.05) is 19.6 Å². The molecule has 0 spiro atoms. The van der Waals surface area contributed by atoms with Gasteiger partial charge in [-0.1, -0.05) is 6.42 Å². The third-order valence-electron chi connectivity index (χ3n) is 3.36. The van der Waals surface area contributed by atoms with E-state index >= 15 is 0 Å². The van der Waals surface area contributed by atoms with Crippen LogP contribution in [-0.4, -0.2) is 27.8 Å². The Balaban J connectivity index is 2.09. The first-order valence-corrected chi connectivity index (χ1v) is 6.27. The molecule has 0 atom stereocenters. The van der Waals surface area contributed by atoms with Gasteiger partial charge < -0.3 is 0 Å². The number of hydrogen-bond donors (Lipinski definition) is 0. The second kappa shape index (κ2) is 4.26. The smallest absolute Gasteiger partial charge is 0.0739 e. The Hall–Kier alpha value is -0.350. The molecule has 1 aliphatic carbocycles. The SMILES string of the molecule is Cc1nn(C)c(CN(C)C2CCC2)c1Br. The van der Waals surface area contributed by atoms with E-state index in [0.29, 0.717) is 0 Å². The molecule has 1 aromatic rings. The fourth-order valence-electron chi connectivity index (χ4n) is 2.04. The van der Waals surface area contributed by atoms with E-state index in [2.05, 4.69) is 33.0 Å². The summed E-state index contributed by atoms with van der Waals surface area (Å²) in [4.78, 5) is 2.44. The summed E-state index contributed by atoms with van der Waals surface area (Å²) in [5, 5.41) is 4.41. The second-order valence-electron chi connectivity index (χ2n) is 4.47. The van der Waals surface area contributed by atoms with Crippen molar-refractivity contribution >= 4 is 15.9 Å². The molecule has 3 nitrogen and oxygen atoms in total. The summed E-state index contributed by atoms with van der Waals surface area (Å²) >= 11 is 3.61. The largest absolute Gasteiger partial charge is 0.298 e. The van der Waals surface area contributed by atoms with E-state index in [1.807, 2.05) is 18.7 Å². The number of aromatic nitrogens is 2. The standard InChI is InChI=1S/C11H18BrN3/c1-8-11(12)10(15(3)13-8)7-14(2)9-5-4-6-9/h9H,4-7H2,1-3H3. The van der Waals surface area contributed by atoms with Crippen molar-refractivity contribution in [2.45, 2.75) is 38.8 Å². The molecule has 1 fully saturated rings. The summed E-state index contributed by atoms with van der Waals surface area (Å²) in [5.41, 5.74) is 2.36. The van der Waals surface area contributed by atoms with Crippen LogP contribution < -0.4 is 0 Å². The highest BCUT2D eigenvalue weighted by atomic mass is 79.9. The lowest BCUT2D eigenvalue weighted by molar-refractivity contribution is 0.149. The molecule has 1 aromatic heterocycles. The highest BCUT2D eigenvalue weighted by molar-refractivity contribution is 9.10. The molecular formula is C11H18BrN3. The van der Waals surface area contributed by atoms with Gasteiger partial charge in [-0.05, 0) is 42.7 Å². The first kappa shape index (κ1) is 11.1. The molecular weight excluding hydrogens is 254 g/mol. The lowest BCUT2D eigenvalue weighted by Gasteiger charge is -2.34. The molecule has 1 aliphatic rings. The van der Waals surface area contributed by atoms with Crippen LogP contribution in [0.1, 0.15) is 30.7 Å². The van der Waals surface area contributed by atoms with Gasteiger partial charge in [0.2, 0.25) is 0 Å². The Kier molecular flexibility index (Phi) is 3.16. The van der Waals surface area contributed by atoms with Crippen LogP contribution in [0.2, 0.25) is 0 Å². The molecule has 0 amide bonds. The van der Waals surface area contributed by atoms with E-state index in [-0.39, 0.29) is 0 Å². The maximum absolute atomic E-state index is 4.41. The van der Waals surface area contributed by atoms with E-state index in [0.717, 1.165) is 22.8 Å². The maximum atomic E-state index is 4.41. The summed E-state index contributed by atoms with van der Waals surface area (Å²) < 4.78 is 3.14. The summed E-state index contributed by atoms with van der Waals surface area (Å²) in [6.45, 7) is 3.03. The number of hydrogen-bond acceptors (Lipinski definition) is 2. The summed E-state index contributed by atoms with van der Waals surface area (Å²) in [5.74, 6) is 0. The van der Waals surface area contributed by atoms with Crippen molar-refractivity contribution in [3.63, 3.8) is 0 Å². The molecule has 0 saturated heterocycles. The van der Waals surface area contributed by atoms with Crippen molar-refractivity contribution in [2.24, 2.45) is 7.05 Å². The van der Waals surface area contributed by atoms with Crippen LogP contribution >= 0.6 is 15.9 Å². The van der Waals surface area contributed by atoms with Crippen LogP contribution in [0.15, 0.2) is 4.47 Å². The molecule has 0 N–H and O–H groups in total. The molecule has 0 aromatic carbocycles. The molecule has 0 aliphatic heterocycles. The lowest BCUT2D eigenvalue weighted by Crippen LogP contribution is -2.37. The maximum Gasteiger partial charge on any atom is 0.0739 e. The van der Waals surface area contributed by atoms with Gasteiger partial charge in [-0.15, -0.1) is 0 Å². The fourth-order valence-corrected chi connectivity index (χ4v) is 2.51. The van der Waals surface area contributed by atoms with Crippen LogP contribution in [0, 0.1) is 6.92 Å². The van der Waals surface area contributed by atoms with Crippen LogP contribution in [-0.2, 0) is 13.6 Å². The van der Waals surface area contributed by atoms with Crippen LogP contribution in [0.3, 0.4) is 0 Å². The van der Waals surface area contributed by atoms with Gasteiger partial charge in [-0.2, -0.15) is 5.10 Å². The molecule has 4 heteroatoms. The van der Waals surface area contributed by atoms with Crippen molar-refractivity contribution < 1.29 is 0 Å². The number of aryl methyl sites for hydroxylation is 2. The van der Waals surface area contributed by atoms with Crippen molar-refractivity contribution in [3.8, 4) is 0 Å². The zero-order chi connectivity index (χ0) is 11.0. The van der Waals surface area contributed by atoms with E-state index in [9.17, 15) is 0 Å². The van der Waals surface area contributed by atoms with Crippen LogP contribution in [0.5, 0.6) is 0 Å². The Morgan fingerprint density at radius 1 is 1.53 bits per heavy atom. The molecule has 1 heterocycles. The molecule has 0 radical (unpaired) electrons. The normalized spacial score (nSPS) is 17.1. The number of halogens is 1. The predicted molar refractivity (Wildman–Crippen MR) is 64.8 cm³/mol. The quantitative estimate of drug-likeness (QED) is 0.842. The molecule has 15 heavy (non-hydrogen) atoms. The van der Waals surface area contributed by atoms with Gasteiger partial charge >= 0.3 is 0 Å². The topological polar surface area (TPSA) is 21.1 Å². The number of rotatable bonds is 3. The highest BCUT2D eigenvalue weighted by Gasteiger charge is 2.23. The fraction of sp³-hybridized carbons (Fsp3) is 0.727. The van der Waals surface area contributed by atoms with E-state index < -0.39 is 0 Å². The Bertz CT molecular complexity index is 355. The minimum atomic E-state index is 0.784. The van der Waals surface area contributed by atoms with Crippen molar-refractivity contribution in [1.82, 2.24) is 14.7 Å². The average molecular weight is 272 g/mol. The van der Waals surface area contributed by atoms with Gasteiger partial charge in [-0.25, -0.2) is 0 Å². The van der Waals surface area contributed by atoms with Gasteiger partial charge in [0.25, 0.3) is 0 Å². The minimum Gasteiger partial charge on any atom is -0.298 e. The third kappa shape index (κ3) is 2.11. The summed E-state index contributed by atoms with van der Waals surface area (Å²) in [7, 11) is 4.22. The zero-order valence-electron chi connectivity index (χ0n) is 9.63. The summed E-state index contributed by atoms with van der Waals surface area (Å²) in [6.07, 6.45) is 4.09. The Labute approximate surface area is 99.6 Å². The first-order chi connectivity index (χ1) is 7.09. The van der Waals surface area contributed by atoms with E-state index in [1.54, 1.807) is 0 Å². The molecule has 0 bridgehead atoms. The monoisotopic (exact) mass is 271 g/mol. The van der Waals surface area contributed by atoms with E-state index in [1.165, 1.54) is 25.0 Å². The zero-order valence-corrected chi connectivity index (χ0v) is 11.2. The van der Waals surface area contributed by atoms with E-state index in [4.69, 9.17) is 0 Å². The first-order valence-electron chi connectivity index (χ1n) is 5.48. The third-order valence-corrected chi connectivity index (χ3v) is 4.39. The molecule has 0 unspecified atom stereocenters. The van der Waals surface area contributed by atoms with Gasteiger partial charge in [0.15, 0.2) is 0 Å². The predicted octanol–water partition coefficient (Wildman–Crippen LogP) is 2.48. The Morgan fingerprint density at radius 2 is 2.20 bits per heavy atom. The number of nitrogens with zero attached hydrogens (tertiary/aromatic N) is 3. The summed E-state index contributed by atoms with van der Waals surface area (Å²) in [6, 6.07) is 0.784. The lowest BCUT2D eigenvalue weighted by atomic mass is 9.92. The second-order valence-corrected chi connectivity index (χ2v) is 5.26. The average Bonchev–Trinajstić information content (AvgIpc) is 2.29. The molecule has 2 rings (SSSR count). The molecule has 84 valence electrons. The van der Waals surface area contributed by atoms with Crippen molar-refractivity contribution in [3.05, 3.63) is 15.9 Å². The molecule has 1 saturated carbocycles. The highest BCUT2D eigenvalue weighted by Crippen LogP contribution is 2.27. The van der Waals surface area contributed by atoms with Gasteiger partial charge in [0.05, 0.1) is 15.9 Å². The Morgan fingerprint density at radius 3 is 2.60 bits per heavy atom. The van der Waals surface area contributed by atoms with Gasteiger partial charge in [-0.3, -0.25) is 9.58 Å². The van der Waals surface area contributed by atoms with Crippen LogP contribution in [0.25, 0.3) is 0 Å². The minimum absolute atomic E-state index is 0.784. The van der Waals surface area contributed by atoms with Crippen molar-refractivity contribution in [1.29, 1.82) is 0 Å². The van der Waals surface area contributed by atoms with Crippen molar-refractivity contribution in [2.75, 3.05) is 7.05 Å². The van der Waals surface area contributed by atoms with Crippen LogP contribution in [0.4, 0.5) is 0 Å².